The molecule has 4 nitrogen and oxygen atoms in total. The Morgan fingerprint density at radius 1 is 1.42 bits per heavy atom. The first kappa shape index (κ1) is 16.1. The van der Waals surface area contributed by atoms with Crippen molar-refractivity contribution in [2.24, 2.45) is 0 Å². The Morgan fingerprint density at radius 3 is 2.79 bits per heavy atom. The summed E-state index contributed by atoms with van der Waals surface area (Å²) in [4.78, 5) is 13.8. The van der Waals surface area contributed by atoms with E-state index in [2.05, 4.69) is 10.2 Å². The van der Waals surface area contributed by atoms with Crippen molar-refractivity contribution in [3.8, 4) is 0 Å². The summed E-state index contributed by atoms with van der Waals surface area (Å²) < 4.78 is 0. The first-order valence-corrected chi connectivity index (χ1v) is 7.59. The Bertz CT molecular complexity index is 426. The first-order chi connectivity index (χ1) is 8.99. The number of rotatable bonds is 7. The van der Waals surface area contributed by atoms with Gasteiger partial charge in [-0.15, -0.1) is 0 Å². The SMILES string of the molecule is CN(C)CCSCCC(=O)Nc1ccc(N)cc1Cl. The zero-order valence-electron chi connectivity index (χ0n) is 11.3. The molecule has 3 N–H and O–H groups in total. The molecular formula is C13H20ClN3OS. The van der Waals surface area contributed by atoms with Crippen LogP contribution in [0.5, 0.6) is 0 Å². The van der Waals surface area contributed by atoms with Crippen molar-refractivity contribution in [2.75, 3.05) is 43.2 Å². The third kappa shape index (κ3) is 6.71. The maximum absolute atomic E-state index is 11.7. The number of nitrogens with zero attached hydrogens (tertiary/aromatic N) is 1. The van der Waals surface area contributed by atoms with Crippen LogP contribution in [0.1, 0.15) is 6.42 Å². The number of anilines is 2. The molecule has 0 aliphatic heterocycles. The van der Waals surface area contributed by atoms with Crippen LogP contribution < -0.4 is 11.1 Å². The van der Waals surface area contributed by atoms with Gasteiger partial charge < -0.3 is 16.0 Å². The van der Waals surface area contributed by atoms with Crippen molar-refractivity contribution in [2.45, 2.75) is 6.42 Å². The van der Waals surface area contributed by atoms with Gasteiger partial charge in [-0.2, -0.15) is 11.8 Å². The molecule has 0 atom stereocenters. The molecule has 0 aliphatic rings. The van der Waals surface area contributed by atoms with E-state index < -0.39 is 0 Å². The lowest BCUT2D eigenvalue weighted by Gasteiger charge is -2.09. The molecule has 0 radical (unpaired) electrons. The minimum absolute atomic E-state index is 0.0241. The Hall–Kier alpha value is -0.910. The molecule has 1 amide bonds. The van der Waals surface area contributed by atoms with Crippen LogP contribution in [0.25, 0.3) is 0 Å². The molecule has 1 aromatic rings. The average molecular weight is 302 g/mol. The quantitative estimate of drug-likeness (QED) is 0.600. The highest BCUT2D eigenvalue weighted by atomic mass is 35.5. The van der Waals surface area contributed by atoms with E-state index in [9.17, 15) is 4.79 Å². The summed E-state index contributed by atoms with van der Waals surface area (Å²) in [5, 5.41) is 3.25. The summed E-state index contributed by atoms with van der Waals surface area (Å²) in [6, 6.07) is 5.06. The summed E-state index contributed by atoms with van der Waals surface area (Å²) in [6.45, 7) is 1.02. The molecule has 0 saturated heterocycles. The molecule has 6 heteroatoms. The highest BCUT2D eigenvalue weighted by Crippen LogP contribution is 2.24. The lowest BCUT2D eigenvalue weighted by Crippen LogP contribution is -2.16. The lowest BCUT2D eigenvalue weighted by molar-refractivity contribution is -0.115. The summed E-state index contributed by atoms with van der Waals surface area (Å²) in [7, 11) is 4.08. The molecule has 1 rings (SSSR count). The maximum atomic E-state index is 11.7. The standard InChI is InChI=1S/C13H20ClN3OS/c1-17(2)6-8-19-7-5-13(18)16-12-4-3-10(15)9-11(12)14/h3-4,9H,5-8,15H2,1-2H3,(H,16,18). The smallest absolute Gasteiger partial charge is 0.225 e. The Morgan fingerprint density at radius 2 is 2.16 bits per heavy atom. The second-order valence-corrected chi connectivity index (χ2v) is 6.09. The Balaban J connectivity index is 2.27. The van der Waals surface area contributed by atoms with E-state index in [1.54, 1.807) is 30.0 Å². The van der Waals surface area contributed by atoms with Crippen LogP contribution in [0.4, 0.5) is 11.4 Å². The average Bonchev–Trinajstić information content (AvgIpc) is 2.32. The van der Waals surface area contributed by atoms with Crippen LogP contribution in [-0.4, -0.2) is 43.0 Å². The van der Waals surface area contributed by atoms with Crippen LogP contribution in [-0.2, 0) is 4.79 Å². The number of halogens is 1. The maximum Gasteiger partial charge on any atom is 0.225 e. The molecule has 0 saturated carbocycles. The van der Waals surface area contributed by atoms with Gasteiger partial charge in [0.2, 0.25) is 5.91 Å². The van der Waals surface area contributed by atoms with E-state index >= 15 is 0 Å². The van der Waals surface area contributed by atoms with Gasteiger partial charge in [-0.1, -0.05) is 11.6 Å². The third-order valence-electron chi connectivity index (χ3n) is 2.42. The van der Waals surface area contributed by atoms with E-state index in [0.29, 0.717) is 22.8 Å². The van der Waals surface area contributed by atoms with Gasteiger partial charge in [-0.05, 0) is 32.3 Å². The van der Waals surface area contributed by atoms with Crippen molar-refractivity contribution in [1.82, 2.24) is 4.90 Å². The zero-order chi connectivity index (χ0) is 14.3. The number of carbonyl (C=O) groups is 1. The molecule has 0 unspecified atom stereocenters. The van der Waals surface area contributed by atoms with Crippen molar-refractivity contribution >= 4 is 40.6 Å². The number of carbonyl (C=O) groups excluding carboxylic acids is 1. The fourth-order valence-corrected chi connectivity index (χ4v) is 2.62. The highest BCUT2D eigenvalue weighted by Gasteiger charge is 2.06. The van der Waals surface area contributed by atoms with E-state index in [1.165, 1.54) is 0 Å². The Labute approximate surface area is 123 Å². The van der Waals surface area contributed by atoms with E-state index in [-0.39, 0.29) is 5.91 Å². The molecule has 0 fully saturated rings. The lowest BCUT2D eigenvalue weighted by atomic mass is 10.3. The molecule has 0 heterocycles. The van der Waals surface area contributed by atoms with Crippen molar-refractivity contribution in [1.29, 1.82) is 0 Å². The number of thioether (sulfide) groups is 1. The molecular weight excluding hydrogens is 282 g/mol. The van der Waals surface area contributed by atoms with E-state index in [1.807, 2.05) is 14.1 Å². The number of nitrogens with one attached hydrogen (secondary N) is 1. The van der Waals surface area contributed by atoms with Crippen molar-refractivity contribution < 1.29 is 4.79 Å². The molecule has 0 aromatic heterocycles. The third-order valence-corrected chi connectivity index (χ3v) is 3.70. The number of benzene rings is 1. The van der Waals surface area contributed by atoms with Gasteiger partial charge in [0, 0.05) is 30.2 Å². The van der Waals surface area contributed by atoms with Gasteiger partial charge in [0.25, 0.3) is 0 Å². The summed E-state index contributed by atoms with van der Waals surface area (Å²) >= 11 is 7.76. The molecule has 1 aromatic carbocycles. The molecule has 0 aliphatic carbocycles. The van der Waals surface area contributed by atoms with E-state index in [4.69, 9.17) is 17.3 Å². The van der Waals surface area contributed by atoms with Crippen LogP contribution >= 0.6 is 23.4 Å². The van der Waals surface area contributed by atoms with Crippen LogP contribution in [0, 0.1) is 0 Å². The van der Waals surface area contributed by atoms with Crippen LogP contribution in [0.2, 0.25) is 5.02 Å². The van der Waals surface area contributed by atoms with Gasteiger partial charge in [-0.3, -0.25) is 4.79 Å². The largest absolute Gasteiger partial charge is 0.399 e. The zero-order valence-corrected chi connectivity index (χ0v) is 12.9. The number of nitrogens with two attached hydrogens (primary N) is 1. The minimum Gasteiger partial charge on any atom is -0.399 e. The molecule has 0 spiro atoms. The van der Waals surface area contributed by atoms with Gasteiger partial charge >= 0.3 is 0 Å². The number of nitrogen functional groups attached to an aromatic ring is 1. The summed E-state index contributed by atoms with van der Waals surface area (Å²) in [5.74, 6) is 1.82. The van der Waals surface area contributed by atoms with Crippen LogP contribution in [0.3, 0.4) is 0 Å². The molecule has 19 heavy (non-hydrogen) atoms. The molecule has 0 bridgehead atoms. The monoisotopic (exact) mass is 301 g/mol. The van der Waals surface area contributed by atoms with Crippen LogP contribution in [0.15, 0.2) is 18.2 Å². The van der Waals surface area contributed by atoms with Crippen molar-refractivity contribution in [3.63, 3.8) is 0 Å². The summed E-state index contributed by atoms with van der Waals surface area (Å²) in [6.07, 6.45) is 0.485. The Kier molecular flexibility index (Phi) is 7.05. The number of amides is 1. The number of hydrogen-bond donors (Lipinski definition) is 2. The predicted octanol–water partition coefficient (Wildman–Crippen LogP) is 2.55. The number of hydrogen-bond acceptors (Lipinski definition) is 4. The topological polar surface area (TPSA) is 58.4 Å². The second-order valence-electron chi connectivity index (χ2n) is 4.45. The fraction of sp³-hybridized carbons (Fsp3) is 0.462. The molecule has 106 valence electrons. The van der Waals surface area contributed by atoms with E-state index in [0.717, 1.165) is 18.1 Å². The predicted molar refractivity (Wildman–Crippen MR) is 85.0 cm³/mol. The normalized spacial score (nSPS) is 10.7. The fourth-order valence-electron chi connectivity index (χ4n) is 1.36. The van der Waals surface area contributed by atoms with Gasteiger partial charge in [0.15, 0.2) is 0 Å². The van der Waals surface area contributed by atoms with Gasteiger partial charge in [-0.25, -0.2) is 0 Å². The first-order valence-electron chi connectivity index (χ1n) is 6.06. The van der Waals surface area contributed by atoms with Gasteiger partial charge in [0.05, 0.1) is 10.7 Å². The van der Waals surface area contributed by atoms with Crippen molar-refractivity contribution in [3.05, 3.63) is 23.2 Å². The second kappa shape index (κ2) is 8.30. The minimum atomic E-state index is -0.0241. The van der Waals surface area contributed by atoms with Gasteiger partial charge in [0.1, 0.15) is 0 Å². The summed E-state index contributed by atoms with van der Waals surface area (Å²) in [5.41, 5.74) is 6.79. The highest BCUT2D eigenvalue weighted by molar-refractivity contribution is 7.99.